The lowest BCUT2D eigenvalue weighted by atomic mass is 10.0. The molecule has 0 bridgehead atoms. The van der Waals surface area contributed by atoms with Crippen LogP contribution in [0.5, 0.6) is 0 Å². The highest BCUT2D eigenvalue weighted by Gasteiger charge is 2.14. The van der Waals surface area contributed by atoms with Gasteiger partial charge in [-0.15, -0.1) is 11.3 Å². The zero-order chi connectivity index (χ0) is 15.6. The quantitative estimate of drug-likeness (QED) is 0.665. The van der Waals surface area contributed by atoms with Crippen molar-refractivity contribution in [2.24, 2.45) is 0 Å². The van der Waals surface area contributed by atoms with Gasteiger partial charge in [0.25, 0.3) is 5.69 Å². The van der Waals surface area contributed by atoms with Crippen LogP contribution in [0.1, 0.15) is 21.7 Å². The van der Waals surface area contributed by atoms with Gasteiger partial charge in [-0.3, -0.25) is 15.4 Å². The minimum absolute atomic E-state index is 0.101. The van der Waals surface area contributed by atoms with Crippen LogP contribution in [-0.2, 0) is 6.42 Å². The Morgan fingerprint density at radius 1 is 1.43 bits per heavy atom. The Balaban J connectivity index is 2.23. The van der Waals surface area contributed by atoms with Gasteiger partial charge >= 0.3 is 6.09 Å². The summed E-state index contributed by atoms with van der Waals surface area (Å²) in [7, 11) is 0. The average Bonchev–Trinajstić information content (AvgIpc) is 2.79. The summed E-state index contributed by atoms with van der Waals surface area (Å²) in [5.74, 6) is 0.291. The van der Waals surface area contributed by atoms with E-state index in [1.807, 2.05) is 6.92 Å². The number of carbonyl (C=O) groups is 1. The number of nitrogens with zero attached hydrogens (tertiary/aromatic N) is 2. The van der Waals surface area contributed by atoms with Crippen LogP contribution >= 0.6 is 11.3 Å². The zero-order valence-electron chi connectivity index (χ0n) is 11.4. The van der Waals surface area contributed by atoms with Gasteiger partial charge in [0.2, 0.25) is 0 Å². The second-order valence-electron chi connectivity index (χ2n) is 4.56. The first-order valence-corrected chi connectivity index (χ1v) is 6.93. The van der Waals surface area contributed by atoms with Gasteiger partial charge in [0.05, 0.1) is 9.93 Å². The van der Waals surface area contributed by atoms with E-state index in [2.05, 4.69) is 10.3 Å². The molecule has 2 rings (SSSR count). The number of amides is 1. The molecule has 8 heteroatoms. The smallest absolute Gasteiger partial charge is 0.410 e. The summed E-state index contributed by atoms with van der Waals surface area (Å²) in [6.45, 7) is 3.51. The highest BCUT2D eigenvalue weighted by Crippen LogP contribution is 2.25. The summed E-state index contributed by atoms with van der Waals surface area (Å²) < 4.78 is 0. The van der Waals surface area contributed by atoms with Crippen molar-refractivity contribution in [3.63, 3.8) is 0 Å². The Hall–Kier alpha value is -2.48. The lowest BCUT2D eigenvalue weighted by Crippen LogP contribution is -2.07. The summed E-state index contributed by atoms with van der Waals surface area (Å²) in [4.78, 5) is 25.2. The highest BCUT2D eigenvalue weighted by molar-refractivity contribution is 7.10. The second kappa shape index (κ2) is 5.88. The molecule has 0 aliphatic heterocycles. The normalized spacial score (nSPS) is 10.4. The summed E-state index contributed by atoms with van der Waals surface area (Å²) in [5, 5.41) is 24.1. The topological polar surface area (TPSA) is 105 Å². The van der Waals surface area contributed by atoms with Crippen molar-refractivity contribution in [3.05, 3.63) is 49.3 Å². The molecule has 1 amide bonds. The third kappa shape index (κ3) is 3.54. The molecule has 1 aromatic carbocycles. The first kappa shape index (κ1) is 14.9. The minimum atomic E-state index is -1.16. The Morgan fingerprint density at radius 2 is 2.14 bits per heavy atom. The Labute approximate surface area is 124 Å². The number of carboxylic acid groups (broad SMARTS) is 1. The van der Waals surface area contributed by atoms with Gasteiger partial charge < -0.3 is 5.11 Å². The second-order valence-corrected chi connectivity index (χ2v) is 5.50. The highest BCUT2D eigenvalue weighted by atomic mass is 32.1. The number of hydrogen-bond donors (Lipinski definition) is 2. The van der Waals surface area contributed by atoms with E-state index in [-0.39, 0.29) is 5.69 Å². The van der Waals surface area contributed by atoms with Gasteiger partial charge in [0.15, 0.2) is 0 Å². The van der Waals surface area contributed by atoms with Gasteiger partial charge in [-0.05, 0) is 31.0 Å². The van der Waals surface area contributed by atoms with Crippen molar-refractivity contribution in [2.45, 2.75) is 20.3 Å². The number of nitro benzene ring substituents is 1. The van der Waals surface area contributed by atoms with Gasteiger partial charge in [0.1, 0.15) is 5.82 Å². The number of hydrogen-bond acceptors (Lipinski definition) is 5. The summed E-state index contributed by atoms with van der Waals surface area (Å²) >= 11 is 1.34. The molecule has 0 fully saturated rings. The van der Waals surface area contributed by atoms with E-state index in [1.54, 1.807) is 24.4 Å². The molecule has 0 saturated carbocycles. The summed E-state index contributed by atoms with van der Waals surface area (Å²) in [6.07, 6.45) is -0.648. The number of nitrogens with one attached hydrogen (secondary N) is 1. The fraction of sp³-hybridized carbons (Fsp3) is 0.231. The fourth-order valence-corrected chi connectivity index (χ4v) is 2.72. The lowest BCUT2D eigenvalue weighted by Gasteiger charge is -2.06. The molecule has 1 heterocycles. The third-order valence-corrected chi connectivity index (χ3v) is 3.83. The van der Waals surface area contributed by atoms with E-state index in [4.69, 9.17) is 5.11 Å². The number of nitro groups is 1. The molecule has 2 N–H and O–H groups in total. The van der Waals surface area contributed by atoms with Crippen LogP contribution in [0.4, 0.5) is 16.3 Å². The maximum atomic E-state index is 10.9. The molecule has 0 aliphatic carbocycles. The molecule has 21 heavy (non-hydrogen) atoms. The standard InChI is InChI=1S/C13H13N3O4S/c1-7-4-10(16(19)20)8(2)3-9(7)5-12-14-11(6-21-12)15-13(17)18/h3-4,6,15H,5H2,1-2H3,(H,17,18). The Morgan fingerprint density at radius 3 is 2.76 bits per heavy atom. The van der Waals surface area contributed by atoms with Crippen LogP contribution < -0.4 is 5.32 Å². The monoisotopic (exact) mass is 307 g/mol. The predicted molar refractivity (Wildman–Crippen MR) is 79.1 cm³/mol. The molecule has 0 radical (unpaired) electrons. The van der Waals surface area contributed by atoms with Crippen LogP contribution in [0.3, 0.4) is 0 Å². The molecule has 110 valence electrons. The van der Waals surface area contributed by atoms with Crippen LogP contribution in [0.15, 0.2) is 17.5 Å². The zero-order valence-corrected chi connectivity index (χ0v) is 12.2. The summed E-state index contributed by atoms with van der Waals surface area (Å²) in [6, 6.07) is 3.33. The van der Waals surface area contributed by atoms with Crippen LogP contribution in [0, 0.1) is 24.0 Å². The Kier molecular flexibility index (Phi) is 4.18. The molecular weight excluding hydrogens is 294 g/mol. The van der Waals surface area contributed by atoms with E-state index < -0.39 is 11.0 Å². The van der Waals surface area contributed by atoms with Crippen molar-refractivity contribution in [3.8, 4) is 0 Å². The van der Waals surface area contributed by atoms with Crippen molar-refractivity contribution >= 4 is 28.9 Å². The maximum absolute atomic E-state index is 10.9. The molecule has 0 aliphatic rings. The van der Waals surface area contributed by atoms with Gasteiger partial charge in [-0.1, -0.05) is 0 Å². The maximum Gasteiger partial charge on any atom is 0.410 e. The fourth-order valence-electron chi connectivity index (χ4n) is 1.97. The van der Waals surface area contributed by atoms with E-state index in [0.29, 0.717) is 17.8 Å². The van der Waals surface area contributed by atoms with Crippen molar-refractivity contribution in [2.75, 3.05) is 5.32 Å². The molecule has 0 unspecified atom stereocenters. The number of thiazole rings is 1. The number of aryl methyl sites for hydroxylation is 2. The number of rotatable bonds is 4. The van der Waals surface area contributed by atoms with E-state index in [9.17, 15) is 14.9 Å². The first-order valence-electron chi connectivity index (χ1n) is 6.05. The number of aromatic nitrogens is 1. The van der Waals surface area contributed by atoms with Gasteiger partial charge in [-0.25, -0.2) is 9.78 Å². The minimum Gasteiger partial charge on any atom is -0.465 e. The first-order chi connectivity index (χ1) is 9.86. The Bertz CT molecular complexity index is 711. The molecular formula is C13H13N3O4S. The predicted octanol–water partition coefficient (Wildman–Crippen LogP) is 3.35. The van der Waals surface area contributed by atoms with Crippen LogP contribution in [-0.4, -0.2) is 21.1 Å². The van der Waals surface area contributed by atoms with Crippen LogP contribution in [0.2, 0.25) is 0 Å². The van der Waals surface area contributed by atoms with Crippen molar-refractivity contribution in [1.29, 1.82) is 0 Å². The molecule has 1 aromatic heterocycles. The summed E-state index contributed by atoms with van der Waals surface area (Å²) in [5.41, 5.74) is 2.45. The molecule has 7 nitrogen and oxygen atoms in total. The van der Waals surface area contributed by atoms with Crippen LogP contribution in [0.25, 0.3) is 0 Å². The van der Waals surface area contributed by atoms with Crippen molar-refractivity contribution < 1.29 is 14.8 Å². The number of benzene rings is 1. The van der Waals surface area contributed by atoms with E-state index >= 15 is 0 Å². The van der Waals surface area contributed by atoms with Gasteiger partial charge in [-0.2, -0.15) is 0 Å². The molecule has 0 saturated heterocycles. The number of anilines is 1. The molecule has 0 spiro atoms. The SMILES string of the molecule is Cc1cc([N+](=O)[O-])c(C)cc1Cc1nc(NC(=O)O)cs1. The average molecular weight is 307 g/mol. The lowest BCUT2D eigenvalue weighted by molar-refractivity contribution is -0.385. The largest absolute Gasteiger partial charge is 0.465 e. The van der Waals surface area contributed by atoms with E-state index in [1.165, 1.54) is 11.3 Å². The van der Waals surface area contributed by atoms with Crippen molar-refractivity contribution in [1.82, 2.24) is 4.98 Å². The van der Waals surface area contributed by atoms with E-state index in [0.717, 1.165) is 16.1 Å². The third-order valence-electron chi connectivity index (χ3n) is 2.98. The van der Waals surface area contributed by atoms with Gasteiger partial charge in [0, 0.05) is 23.4 Å². The molecule has 2 aromatic rings. The molecule has 0 atom stereocenters.